The largest absolute Gasteiger partial charge is 0.271 e. The summed E-state index contributed by atoms with van der Waals surface area (Å²) < 4.78 is 0. The van der Waals surface area contributed by atoms with Crippen molar-refractivity contribution >= 4 is 0 Å². The lowest BCUT2D eigenvalue weighted by atomic mass is 9.98. The molecule has 1 aliphatic rings. The Bertz CT molecular complexity index is 292. The molecule has 0 amide bonds. The van der Waals surface area contributed by atoms with Gasteiger partial charge in [-0.3, -0.25) is 11.3 Å². The highest BCUT2D eigenvalue weighted by molar-refractivity contribution is 5.29. The van der Waals surface area contributed by atoms with E-state index in [4.69, 9.17) is 5.84 Å². The molecule has 1 saturated carbocycles. The molecule has 2 nitrogen and oxygen atoms in total. The molecule has 2 rings (SSSR count). The van der Waals surface area contributed by atoms with E-state index in [1.165, 1.54) is 24.0 Å². The third-order valence-corrected chi connectivity index (χ3v) is 2.80. The normalized spacial score (nSPS) is 18.6. The van der Waals surface area contributed by atoms with Gasteiger partial charge in [0.05, 0.1) is 0 Å². The van der Waals surface area contributed by atoms with Crippen molar-refractivity contribution in [3.63, 3.8) is 0 Å². The van der Waals surface area contributed by atoms with Crippen LogP contribution >= 0.6 is 0 Å². The van der Waals surface area contributed by atoms with Crippen molar-refractivity contribution in [2.45, 2.75) is 25.8 Å². The van der Waals surface area contributed by atoms with Crippen LogP contribution < -0.4 is 11.3 Å². The first-order chi connectivity index (χ1) is 6.33. The molecule has 2 heteroatoms. The molecule has 0 radical (unpaired) electrons. The van der Waals surface area contributed by atoms with E-state index in [1.54, 1.807) is 0 Å². The smallest absolute Gasteiger partial charge is 0.0490 e. The van der Waals surface area contributed by atoms with Crippen LogP contribution in [-0.2, 0) is 0 Å². The minimum absolute atomic E-state index is 0.362. The summed E-state index contributed by atoms with van der Waals surface area (Å²) in [5, 5.41) is 0. The number of nitrogens with one attached hydrogen (secondary N) is 1. The summed E-state index contributed by atoms with van der Waals surface area (Å²) in [5.41, 5.74) is 5.61. The van der Waals surface area contributed by atoms with E-state index in [1.807, 2.05) is 0 Å². The number of nitrogens with two attached hydrogens (primary N) is 1. The molecular formula is C11H16N2. The van der Waals surface area contributed by atoms with Crippen LogP contribution in [0.1, 0.15) is 30.0 Å². The van der Waals surface area contributed by atoms with Crippen LogP contribution in [0.25, 0.3) is 0 Å². The van der Waals surface area contributed by atoms with Crippen molar-refractivity contribution in [1.82, 2.24) is 5.43 Å². The van der Waals surface area contributed by atoms with Crippen molar-refractivity contribution in [3.8, 4) is 0 Å². The molecule has 1 aliphatic carbocycles. The predicted octanol–water partition coefficient (Wildman–Crippen LogP) is 1.91. The van der Waals surface area contributed by atoms with Gasteiger partial charge in [0, 0.05) is 6.04 Å². The summed E-state index contributed by atoms with van der Waals surface area (Å²) in [5.74, 6) is 6.32. The van der Waals surface area contributed by atoms with E-state index in [-0.39, 0.29) is 0 Å². The fraction of sp³-hybridized carbons (Fsp3) is 0.455. The van der Waals surface area contributed by atoms with E-state index in [2.05, 4.69) is 36.6 Å². The Morgan fingerprint density at radius 1 is 1.38 bits per heavy atom. The van der Waals surface area contributed by atoms with Crippen LogP contribution in [0.4, 0.5) is 0 Å². The van der Waals surface area contributed by atoms with E-state index in [9.17, 15) is 0 Å². The van der Waals surface area contributed by atoms with Crippen molar-refractivity contribution in [1.29, 1.82) is 0 Å². The predicted molar refractivity (Wildman–Crippen MR) is 54.0 cm³/mol. The SMILES string of the molecule is Cc1ccccc1C(NN)C1CC1. The van der Waals surface area contributed by atoms with Gasteiger partial charge in [0.2, 0.25) is 0 Å². The molecule has 1 aromatic rings. The molecule has 1 aromatic carbocycles. The molecule has 1 fully saturated rings. The average Bonchev–Trinajstić information content (AvgIpc) is 2.93. The zero-order valence-corrected chi connectivity index (χ0v) is 7.96. The summed E-state index contributed by atoms with van der Waals surface area (Å²) in [6, 6.07) is 8.82. The Morgan fingerprint density at radius 2 is 2.08 bits per heavy atom. The number of hydrogen-bond acceptors (Lipinski definition) is 2. The van der Waals surface area contributed by atoms with Gasteiger partial charge in [0.25, 0.3) is 0 Å². The summed E-state index contributed by atoms with van der Waals surface area (Å²) >= 11 is 0. The Kier molecular flexibility index (Phi) is 2.34. The Balaban J connectivity index is 2.26. The zero-order valence-electron chi connectivity index (χ0n) is 7.96. The minimum Gasteiger partial charge on any atom is -0.271 e. The van der Waals surface area contributed by atoms with Gasteiger partial charge < -0.3 is 0 Å². The Labute approximate surface area is 79.1 Å². The van der Waals surface area contributed by atoms with Crippen molar-refractivity contribution in [3.05, 3.63) is 35.4 Å². The standard InChI is InChI=1S/C11H16N2/c1-8-4-2-3-5-10(8)11(13-12)9-6-7-9/h2-5,9,11,13H,6-7,12H2,1H3. The van der Waals surface area contributed by atoms with E-state index in [0.717, 1.165) is 5.92 Å². The van der Waals surface area contributed by atoms with E-state index >= 15 is 0 Å². The third-order valence-electron chi connectivity index (χ3n) is 2.80. The molecule has 0 aliphatic heterocycles. The summed E-state index contributed by atoms with van der Waals surface area (Å²) in [6.07, 6.45) is 2.62. The first-order valence-electron chi connectivity index (χ1n) is 4.84. The van der Waals surface area contributed by atoms with Gasteiger partial charge >= 0.3 is 0 Å². The summed E-state index contributed by atoms with van der Waals surface area (Å²) in [7, 11) is 0. The minimum atomic E-state index is 0.362. The lowest BCUT2D eigenvalue weighted by Crippen LogP contribution is -2.29. The maximum atomic E-state index is 5.56. The van der Waals surface area contributed by atoms with Gasteiger partial charge in [-0.1, -0.05) is 24.3 Å². The number of rotatable bonds is 3. The fourth-order valence-electron chi connectivity index (χ4n) is 1.85. The fourth-order valence-corrected chi connectivity index (χ4v) is 1.85. The molecule has 1 atom stereocenters. The first-order valence-corrected chi connectivity index (χ1v) is 4.84. The van der Waals surface area contributed by atoms with Gasteiger partial charge in [-0.15, -0.1) is 0 Å². The second-order valence-corrected chi connectivity index (χ2v) is 3.84. The second-order valence-electron chi connectivity index (χ2n) is 3.84. The maximum Gasteiger partial charge on any atom is 0.0490 e. The molecule has 70 valence electrons. The molecule has 0 spiro atoms. The van der Waals surface area contributed by atoms with Crippen molar-refractivity contribution in [2.75, 3.05) is 0 Å². The van der Waals surface area contributed by atoms with Gasteiger partial charge in [-0.25, -0.2) is 0 Å². The number of aryl methyl sites for hydroxylation is 1. The maximum absolute atomic E-state index is 5.56. The van der Waals surface area contributed by atoms with Crippen LogP contribution in [0, 0.1) is 12.8 Å². The summed E-state index contributed by atoms with van der Waals surface area (Å²) in [4.78, 5) is 0. The monoisotopic (exact) mass is 176 g/mol. The van der Waals surface area contributed by atoms with Crippen molar-refractivity contribution in [2.24, 2.45) is 11.8 Å². The molecule has 0 bridgehead atoms. The topological polar surface area (TPSA) is 38.0 Å². The van der Waals surface area contributed by atoms with Gasteiger partial charge in [-0.05, 0) is 36.8 Å². The molecular weight excluding hydrogens is 160 g/mol. The van der Waals surface area contributed by atoms with Crippen LogP contribution in [0.5, 0.6) is 0 Å². The zero-order chi connectivity index (χ0) is 9.26. The highest BCUT2D eigenvalue weighted by Crippen LogP contribution is 2.41. The van der Waals surface area contributed by atoms with Gasteiger partial charge in [0.1, 0.15) is 0 Å². The molecule has 1 unspecified atom stereocenters. The Hall–Kier alpha value is -0.860. The lowest BCUT2D eigenvalue weighted by Gasteiger charge is -2.17. The van der Waals surface area contributed by atoms with E-state index < -0.39 is 0 Å². The van der Waals surface area contributed by atoms with Crippen LogP contribution in [0.2, 0.25) is 0 Å². The number of hydrogen-bond donors (Lipinski definition) is 2. The second kappa shape index (κ2) is 3.48. The number of hydrazine groups is 1. The van der Waals surface area contributed by atoms with Crippen LogP contribution in [0.15, 0.2) is 24.3 Å². The van der Waals surface area contributed by atoms with Gasteiger partial charge in [0.15, 0.2) is 0 Å². The highest BCUT2D eigenvalue weighted by atomic mass is 15.2. The first kappa shape index (κ1) is 8.73. The van der Waals surface area contributed by atoms with Crippen LogP contribution in [-0.4, -0.2) is 0 Å². The highest BCUT2D eigenvalue weighted by Gasteiger charge is 2.31. The molecule has 13 heavy (non-hydrogen) atoms. The quantitative estimate of drug-likeness (QED) is 0.545. The van der Waals surface area contributed by atoms with Crippen LogP contribution in [0.3, 0.4) is 0 Å². The number of benzene rings is 1. The molecule has 0 aromatic heterocycles. The summed E-state index contributed by atoms with van der Waals surface area (Å²) in [6.45, 7) is 2.14. The molecule has 0 heterocycles. The van der Waals surface area contributed by atoms with Gasteiger partial charge in [-0.2, -0.15) is 0 Å². The molecule has 0 saturated heterocycles. The van der Waals surface area contributed by atoms with Crippen molar-refractivity contribution < 1.29 is 0 Å². The lowest BCUT2D eigenvalue weighted by molar-refractivity contribution is 0.494. The van der Waals surface area contributed by atoms with E-state index in [0.29, 0.717) is 6.04 Å². The average molecular weight is 176 g/mol. The molecule has 3 N–H and O–H groups in total. The Morgan fingerprint density at radius 3 is 2.62 bits per heavy atom. The third kappa shape index (κ3) is 1.74.